The quantitative estimate of drug-likeness (QED) is 0.853. The number of carboxylic acid groups (broad SMARTS) is 1. The van der Waals surface area contributed by atoms with Crippen molar-refractivity contribution in [2.45, 2.75) is 12.8 Å². The zero-order chi connectivity index (χ0) is 14.5. The van der Waals surface area contributed by atoms with Crippen LogP contribution in [0.2, 0.25) is 5.02 Å². The van der Waals surface area contributed by atoms with Gasteiger partial charge in [-0.15, -0.1) is 0 Å². The van der Waals surface area contributed by atoms with Crippen molar-refractivity contribution in [3.63, 3.8) is 0 Å². The topological polar surface area (TPSA) is 37.3 Å². The van der Waals surface area contributed by atoms with Gasteiger partial charge in [-0.2, -0.15) is 0 Å². The summed E-state index contributed by atoms with van der Waals surface area (Å²) in [5, 5.41) is 10.0. The lowest BCUT2D eigenvalue weighted by atomic mass is 9.93. The number of carbonyl (C=O) groups is 1. The van der Waals surface area contributed by atoms with Crippen LogP contribution in [0.5, 0.6) is 0 Å². The molecular weight excluding hydrogens is 340 g/mol. The smallest absolute Gasteiger partial charge is 0.307 e. The van der Waals surface area contributed by atoms with E-state index in [1.807, 2.05) is 42.5 Å². The highest BCUT2D eigenvalue weighted by atomic mass is 79.9. The van der Waals surface area contributed by atoms with Gasteiger partial charge >= 0.3 is 5.97 Å². The molecule has 104 valence electrons. The van der Waals surface area contributed by atoms with Crippen molar-refractivity contribution in [1.29, 1.82) is 0 Å². The van der Waals surface area contributed by atoms with Gasteiger partial charge in [0.05, 0.1) is 5.92 Å². The number of halogens is 2. The molecule has 2 nitrogen and oxygen atoms in total. The fourth-order valence-electron chi connectivity index (χ4n) is 2.10. The average molecular weight is 354 g/mol. The summed E-state index contributed by atoms with van der Waals surface area (Å²) in [5.74, 6) is -1.23. The lowest BCUT2D eigenvalue weighted by Gasteiger charge is -2.13. The van der Waals surface area contributed by atoms with Crippen molar-refractivity contribution in [3.05, 3.63) is 69.2 Å². The minimum absolute atomic E-state index is 0.449. The Balaban J connectivity index is 2.11. The van der Waals surface area contributed by atoms with E-state index in [-0.39, 0.29) is 0 Å². The number of hydrogen-bond acceptors (Lipinski definition) is 1. The van der Waals surface area contributed by atoms with Crippen LogP contribution in [0.3, 0.4) is 0 Å². The highest BCUT2D eigenvalue weighted by molar-refractivity contribution is 9.10. The summed E-state index contributed by atoms with van der Waals surface area (Å²) < 4.78 is 0.989. The Morgan fingerprint density at radius 2 is 1.75 bits per heavy atom. The summed E-state index contributed by atoms with van der Waals surface area (Å²) in [5.41, 5.74) is 1.96. The second kappa shape index (κ2) is 6.91. The van der Waals surface area contributed by atoms with Gasteiger partial charge in [-0.1, -0.05) is 51.8 Å². The highest BCUT2D eigenvalue weighted by Gasteiger charge is 2.18. The van der Waals surface area contributed by atoms with Crippen LogP contribution in [-0.2, 0) is 17.6 Å². The Bertz CT molecular complexity index is 596. The number of benzene rings is 2. The summed E-state index contributed by atoms with van der Waals surface area (Å²) in [4.78, 5) is 11.4. The molecule has 0 amide bonds. The van der Waals surface area contributed by atoms with Crippen molar-refractivity contribution in [1.82, 2.24) is 0 Å². The molecule has 0 saturated heterocycles. The molecule has 1 atom stereocenters. The van der Waals surface area contributed by atoms with Crippen molar-refractivity contribution in [2.75, 3.05) is 0 Å². The molecular formula is C16H14BrClO2. The maximum Gasteiger partial charge on any atom is 0.307 e. The predicted octanol–water partition coefficient (Wildman–Crippen LogP) is 4.59. The van der Waals surface area contributed by atoms with Gasteiger partial charge in [-0.25, -0.2) is 0 Å². The summed E-state index contributed by atoms with van der Waals surface area (Å²) >= 11 is 9.30. The van der Waals surface area contributed by atoms with Gasteiger partial charge in [0.1, 0.15) is 0 Å². The van der Waals surface area contributed by atoms with E-state index in [4.69, 9.17) is 11.6 Å². The first-order valence-corrected chi connectivity index (χ1v) is 7.43. The maximum absolute atomic E-state index is 11.4. The normalized spacial score (nSPS) is 12.1. The van der Waals surface area contributed by atoms with Gasteiger partial charge in [0.15, 0.2) is 0 Å². The SMILES string of the molecule is O=C(O)C(Cc1ccc(Br)cc1)Cc1cccc(Cl)c1. The highest BCUT2D eigenvalue weighted by Crippen LogP contribution is 2.19. The monoisotopic (exact) mass is 352 g/mol. The Morgan fingerprint density at radius 3 is 2.35 bits per heavy atom. The van der Waals surface area contributed by atoms with E-state index in [9.17, 15) is 9.90 Å². The number of aliphatic carboxylic acids is 1. The molecule has 1 unspecified atom stereocenters. The molecule has 0 saturated carbocycles. The Hall–Kier alpha value is -1.32. The van der Waals surface area contributed by atoms with E-state index in [0.29, 0.717) is 17.9 Å². The lowest BCUT2D eigenvalue weighted by molar-refractivity contribution is -0.141. The first kappa shape index (κ1) is 15.1. The molecule has 0 radical (unpaired) electrons. The molecule has 1 N–H and O–H groups in total. The summed E-state index contributed by atoms with van der Waals surface area (Å²) in [7, 11) is 0. The molecule has 0 aliphatic rings. The van der Waals surface area contributed by atoms with Gasteiger partial charge in [-0.3, -0.25) is 4.79 Å². The fourth-order valence-corrected chi connectivity index (χ4v) is 2.58. The van der Waals surface area contributed by atoms with Crippen LogP contribution >= 0.6 is 27.5 Å². The molecule has 0 aliphatic heterocycles. The standard InChI is InChI=1S/C16H14BrClO2/c17-14-6-4-11(5-7-14)8-13(16(19)20)9-12-2-1-3-15(18)10-12/h1-7,10,13H,8-9H2,(H,19,20). The van der Waals surface area contributed by atoms with Crippen LogP contribution in [-0.4, -0.2) is 11.1 Å². The van der Waals surface area contributed by atoms with E-state index < -0.39 is 11.9 Å². The summed E-state index contributed by atoms with van der Waals surface area (Å²) in [6.07, 6.45) is 0.987. The minimum Gasteiger partial charge on any atom is -0.481 e. The van der Waals surface area contributed by atoms with Gasteiger partial charge in [-0.05, 0) is 48.2 Å². The molecule has 20 heavy (non-hydrogen) atoms. The van der Waals surface area contributed by atoms with Crippen LogP contribution in [0.25, 0.3) is 0 Å². The molecule has 0 aromatic heterocycles. The molecule has 2 aromatic carbocycles. The van der Waals surface area contributed by atoms with Crippen molar-refractivity contribution >= 4 is 33.5 Å². The molecule has 0 spiro atoms. The second-order valence-electron chi connectivity index (χ2n) is 4.70. The van der Waals surface area contributed by atoms with Crippen molar-refractivity contribution < 1.29 is 9.90 Å². The zero-order valence-electron chi connectivity index (χ0n) is 10.7. The van der Waals surface area contributed by atoms with Gasteiger partial charge in [0.2, 0.25) is 0 Å². The van der Waals surface area contributed by atoms with E-state index in [1.165, 1.54) is 0 Å². The predicted molar refractivity (Wildman–Crippen MR) is 84.1 cm³/mol. The fraction of sp³-hybridized carbons (Fsp3) is 0.188. The summed E-state index contributed by atoms with van der Waals surface area (Å²) in [6.45, 7) is 0. The van der Waals surface area contributed by atoms with Gasteiger partial charge < -0.3 is 5.11 Å². The molecule has 0 aliphatic carbocycles. The zero-order valence-corrected chi connectivity index (χ0v) is 13.1. The van der Waals surface area contributed by atoms with Crippen LogP contribution in [0, 0.1) is 5.92 Å². The average Bonchev–Trinajstić information content (AvgIpc) is 2.40. The second-order valence-corrected chi connectivity index (χ2v) is 6.05. The minimum atomic E-state index is -0.784. The van der Waals surface area contributed by atoms with Gasteiger partial charge in [0.25, 0.3) is 0 Å². The van der Waals surface area contributed by atoms with Crippen LogP contribution in [0.4, 0.5) is 0 Å². The first-order valence-electron chi connectivity index (χ1n) is 6.26. The molecule has 0 fully saturated rings. The first-order chi connectivity index (χ1) is 9.54. The van der Waals surface area contributed by atoms with Crippen LogP contribution in [0.15, 0.2) is 53.0 Å². The van der Waals surface area contributed by atoms with Crippen molar-refractivity contribution in [3.8, 4) is 0 Å². The molecule has 2 aromatic rings. The number of hydrogen-bond donors (Lipinski definition) is 1. The lowest BCUT2D eigenvalue weighted by Crippen LogP contribution is -2.19. The third-order valence-corrected chi connectivity index (χ3v) is 3.88. The number of rotatable bonds is 5. The molecule has 2 rings (SSSR count). The van der Waals surface area contributed by atoms with Crippen molar-refractivity contribution in [2.24, 2.45) is 5.92 Å². The molecule has 0 heterocycles. The maximum atomic E-state index is 11.4. The third kappa shape index (κ3) is 4.36. The van der Waals surface area contributed by atoms with Crippen LogP contribution < -0.4 is 0 Å². The van der Waals surface area contributed by atoms with Gasteiger partial charge in [0, 0.05) is 9.50 Å². The molecule has 4 heteroatoms. The third-order valence-electron chi connectivity index (χ3n) is 3.12. The van der Waals surface area contributed by atoms with E-state index in [1.54, 1.807) is 6.07 Å². The Kier molecular flexibility index (Phi) is 5.21. The largest absolute Gasteiger partial charge is 0.481 e. The summed E-state index contributed by atoms with van der Waals surface area (Å²) in [6, 6.07) is 15.1. The van der Waals surface area contributed by atoms with E-state index in [0.717, 1.165) is 15.6 Å². The molecule has 0 bridgehead atoms. The Morgan fingerprint density at radius 1 is 1.10 bits per heavy atom. The van der Waals surface area contributed by atoms with Crippen LogP contribution in [0.1, 0.15) is 11.1 Å². The number of carboxylic acids is 1. The Labute approximate surface area is 131 Å². The van der Waals surface area contributed by atoms with E-state index >= 15 is 0 Å². The van der Waals surface area contributed by atoms with E-state index in [2.05, 4.69) is 15.9 Å².